The van der Waals surface area contributed by atoms with Gasteiger partial charge in [-0.15, -0.1) is 11.3 Å². The Morgan fingerprint density at radius 2 is 2.08 bits per heavy atom. The highest BCUT2D eigenvalue weighted by Crippen LogP contribution is 2.26. The van der Waals surface area contributed by atoms with Crippen LogP contribution in [-0.2, 0) is 11.2 Å². The summed E-state index contributed by atoms with van der Waals surface area (Å²) in [7, 11) is 3.58. The van der Waals surface area contributed by atoms with Gasteiger partial charge in [-0.3, -0.25) is 0 Å². The van der Waals surface area contributed by atoms with E-state index in [1.807, 2.05) is 38.4 Å². The molecule has 0 atom stereocenters. The summed E-state index contributed by atoms with van der Waals surface area (Å²) < 4.78 is 5.21. The average Bonchev–Trinajstić information content (AvgIpc) is 3.07. The van der Waals surface area contributed by atoms with Crippen molar-refractivity contribution in [2.75, 3.05) is 31.4 Å². The Morgan fingerprint density at radius 3 is 2.80 bits per heavy atom. The molecular formula is C18H21N5OS. The van der Waals surface area contributed by atoms with Crippen molar-refractivity contribution in [2.45, 2.75) is 13.3 Å². The van der Waals surface area contributed by atoms with Gasteiger partial charge in [0.15, 0.2) is 0 Å². The van der Waals surface area contributed by atoms with Gasteiger partial charge in [-0.2, -0.15) is 0 Å². The summed E-state index contributed by atoms with van der Waals surface area (Å²) in [6.45, 7) is 2.67. The van der Waals surface area contributed by atoms with Crippen LogP contribution in [0.1, 0.15) is 10.4 Å². The molecule has 0 saturated carbocycles. The fraction of sp³-hybridized carbons (Fsp3) is 0.278. The number of hydrogen-bond donors (Lipinski definition) is 2. The predicted molar refractivity (Wildman–Crippen MR) is 103 cm³/mol. The van der Waals surface area contributed by atoms with Crippen molar-refractivity contribution in [3.63, 3.8) is 0 Å². The molecule has 0 fully saturated rings. The summed E-state index contributed by atoms with van der Waals surface area (Å²) in [5, 5.41) is 7.35. The van der Waals surface area contributed by atoms with Crippen molar-refractivity contribution in [1.29, 1.82) is 0 Å². The van der Waals surface area contributed by atoms with Crippen molar-refractivity contribution >= 4 is 28.7 Å². The predicted octanol–water partition coefficient (Wildman–Crippen LogP) is 3.88. The molecule has 0 unspecified atom stereocenters. The molecule has 3 rings (SSSR count). The first-order chi connectivity index (χ1) is 12.2. The third-order valence-corrected chi connectivity index (χ3v) is 4.60. The highest BCUT2D eigenvalue weighted by atomic mass is 32.1. The Kier molecular flexibility index (Phi) is 5.57. The first kappa shape index (κ1) is 17.3. The number of anilines is 3. The van der Waals surface area contributed by atoms with E-state index in [0.717, 1.165) is 40.0 Å². The highest BCUT2D eigenvalue weighted by Gasteiger charge is 2.09. The lowest BCUT2D eigenvalue weighted by molar-refractivity contribution is 0.202. The molecule has 0 aromatic carbocycles. The lowest BCUT2D eigenvalue weighted by Crippen LogP contribution is -2.05. The third-order valence-electron chi connectivity index (χ3n) is 3.67. The van der Waals surface area contributed by atoms with Crippen LogP contribution in [-0.4, -0.2) is 35.7 Å². The molecule has 0 aliphatic rings. The first-order valence-corrected chi connectivity index (χ1v) is 8.83. The number of methoxy groups -OCH3 is 1. The zero-order valence-corrected chi connectivity index (χ0v) is 15.4. The maximum absolute atomic E-state index is 5.21. The average molecular weight is 355 g/mol. The van der Waals surface area contributed by atoms with Crippen molar-refractivity contribution in [2.24, 2.45) is 0 Å². The molecule has 0 aliphatic heterocycles. The van der Waals surface area contributed by atoms with Gasteiger partial charge in [-0.05, 0) is 37.1 Å². The lowest BCUT2D eigenvalue weighted by Gasteiger charge is -2.12. The Morgan fingerprint density at radius 1 is 1.20 bits per heavy atom. The molecule has 3 aromatic heterocycles. The molecule has 0 spiro atoms. The van der Waals surface area contributed by atoms with Crippen LogP contribution in [0, 0.1) is 6.92 Å². The van der Waals surface area contributed by atoms with E-state index >= 15 is 0 Å². The number of nitrogens with one attached hydrogen (secondary N) is 2. The van der Waals surface area contributed by atoms with Crippen LogP contribution in [0.25, 0.3) is 10.7 Å². The van der Waals surface area contributed by atoms with Crippen LogP contribution in [0.4, 0.5) is 17.3 Å². The smallest absolute Gasteiger partial charge is 0.142 e. The fourth-order valence-corrected chi connectivity index (χ4v) is 3.11. The fourth-order valence-electron chi connectivity index (χ4n) is 2.38. The molecule has 0 radical (unpaired) electrons. The van der Waals surface area contributed by atoms with Gasteiger partial charge < -0.3 is 15.4 Å². The first-order valence-electron chi connectivity index (χ1n) is 8.02. The van der Waals surface area contributed by atoms with Crippen molar-refractivity contribution in [1.82, 2.24) is 15.0 Å². The molecule has 130 valence electrons. The van der Waals surface area contributed by atoms with Crippen LogP contribution in [0.3, 0.4) is 0 Å². The molecule has 25 heavy (non-hydrogen) atoms. The van der Waals surface area contributed by atoms with E-state index in [1.165, 1.54) is 4.88 Å². The minimum atomic E-state index is 0.634. The van der Waals surface area contributed by atoms with Crippen LogP contribution < -0.4 is 10.6 Å². The van der Waals surface area contributed by atoms with E-state index in [1.54, 1.807) is 24.6 Å². The van der Waals surface area contributed by atoms with Crippen LogP contribution in [0.5, 0.6) is 0 Å². The summed E-state index contributed by atoms with van der Waals surface area (Å²) >= 11 is 1.63. The molecule has 3 aromatic rings. The zero-order chi connectivity index (χ0) is 17.6. The maximum atomic E-state index is 5.21. The molecule has 3 heterocycles. The van der Waals surface area contributed by atoms with E-state index in [0.29, 0.717) is 6.61 Å². The third kappa shape index (κ3) is 4.32. The summed E-state index contributed by atoms with van der Waals surface area (Å²) in [4.78, 5) is 14.8. The number of thiazole rings is 1. The number of rotatable bonds is 7. The van der Waals surface area contributed by atoms with Crippen LogP contribution >= 0.6 is 11.3 Å². The Balaban J connectivity index is 1.86. The van der Waals surface area contributed by atoms with E-state index in [-0.39, 0.29) is 0 Å². The van der Waals surface area contributed by atoms with Crippen molar-refractivity contribution in [3.05, 3.63) is 47.1 Å². The zero-order valence-electron chi connectivity index (χ0n) is 14.5. The molecule has 0 bridgehead atoms. The Labute approximate surface area is 151 Å². The van der Waals surface area contributed by atoms with Gasteiger partial charge in [0.2, 0.25) is 0 Å². The standard InChI is InChI=1S/C18H21N5OS/c1-12-10-21-18(25-12)15-5-4-6-16(22-15)23-17-13(7-8-24-3)9-14(19-2)11-20-17/h4-6,9-11,19H,7-8H2,1-3H3,(H,20,22,23). The quantitative estimate of drug-likeness (QED) is 0.670. The minimum Gasteiger partial charge on any atom is -0.387 e. The van der Waals surface area contributed by atoms with Crippen LogP contribution in [0.2, 0.25) is 0 Å². The number of nitrogens with zero attached hydrogens (tertiary/aromatic N) is 3. The number of hydrogen-bond acceptors (Lipinski definition) is 7. The normalized spacial score (nSPS) is 10.7. The number of aryl methyl sites for hydroxylation is 1. The molecule has 7 heteroatoms. The van der Waals surface area contributed by atoms with E-state index < -0.39 is 0 Å². The summed E-state index contributed by atoms with van der Waals surface area (Å²) in [5.74, 6) is 1.53. The van der Waals surface area contributed by atoms with Gasteiger partial charge in [0.05, 0.1) is 18.5 Å². The maximum Gasteiger partial charge on any atom is 0.142 e. The molecular weight excluding hydrogens is 334 g/mol. The number of ether oxygens (including phenoxy) is 1. The van der Waals surface area contributed by atoms with Crippen molar-refractivity contribution < 1.29 is 4.74 Å². The van der Waals surface area contributed by atoms with Gasteiger partial charge in [-0.25, -0.2) is 15.0 Å². The van der Waals surface area contributed by atoms with E-state index in [2.05, 4.69) is 31.7 Å². The largest absolute Gasteiger partial charge is 0.387 e. The van der Waals surface area contributed by atoms with Gasteiger partial charge in [-0.1, -0.05) is 6.07 Å². The van der Waals surface area contributed by atoms with Gasteiger partial charge in [0, 0.05) is 25.2 Å². The molecule has 0 amide bonds. The Bertz CT molecular complexity index is 849. The summed E-state index contributed by atoms with van der Waals surface area (Å²) in [6.07, 6.45) is 4.43. The van der Waals surface area contributed by atoms with Gasteiger partial charge >= 0.3 is 0 Å². The highest BCUT2D eigenvalue weighted by molar-refractivity contribution is 7.14. The van der Waals surface area contributed by atoms with Gasteiger partial charge in [0.25, 0.3) is 0 Å². The van der Waals surface area contributed by atoms with E-state index in [4.69, 9.17) is 4.74 Å². The second-order valence-corrected chi connectivity index (χ2v) is 6.77. The number of aromatic nitrogens is 3. The monoisotopic (exact) mass is 355 g/mol. The van der Waals surface area contributed by atoms with Crippen molar-refractivity contribution in [3.8, 4) is 10.7 Å². The summed E-state index contributed by atoms with van der Waals surface area (Å²) in [5.41, 5.74) is 2.90. The second-order valence-electron chi connectivity index (χ2n) is 5.53. The Hall–Kier alpha value is -2.51. The second kappa shape index (κ2) is 8.04. The number of pyridine rings is 2. The lowest BCUT2D eigenvalue weighted by atomic mass is 10.2. The topological polar surface area (TPSA) is 72.0 Å². The molecule has 2 N–H and O–H groups in total. The molecule has 0 aliphatic carbocycles. The molecule has 0 saturated heterocycles. The SMILES string of the molecule is CNc1cnc(Nc2cccc(-c3ncc(C)s3)n2)c(CCOC)c1. The minimum absolute atomic E-state index is 0.634. The van der Waals surface area contributed by atoms with Crippen LogP contribution in [0.15, 0.2) is 36.7 Å². The molecule has 6 nitrogen and oxygen atoms in total. The summed E-state index contributed by atoms with van der Waals surface area (Å²) in [6, 6.07) is 7.94. The van der Waals surface area contributed by atoms with E-state index in [9.17, 15) is 0 Å². The van der Waals surface area contributed by atoms with Gasteiger partial charge in [0.1, 0.15) is 22.3 Å².